The number of nitrogens with zero attached hydrogens (tertiary/aromatic N) is 2. The van der Waals surface area contributed by atoms with Crippen LogP contribution in [0.2, 0.25) is 5.02 Å². The molecule has 2 unspecified atom stereocenters. The number of rotatable bonds is 8. The van der Waals surface area contributed by atoms with Gasteiger partial charge in [0.05, 0.1) is 0 Å². The van der Waals surface area contributed by atoms with Gasteiger partial charge < -0.3 is 9.84 Å². The van der Waals surface area contributed by atoms with Crippen LogP contribution in [0.1, 0.15) is 12.5 Å². The largest absolute Gasteiger partial charge is 0.491 e. The first-order chi connectivity index (χ1) is 13.1. The Morgan fingerprint density at radius 1 is 1.04 bits per heavy atom. The predicted octanol–water partition coefficient (Wildman–Crippen LogP) is 3.33. The fraction of sp³-hybridized carbons (Fsp3) is 0.455. The molecule has 1 heterocycles. The van der Waals surface area contributed by atoms with Crippen LogP contribution < -0.4 is 4.74 Å². The standard InChI is InChI=1S/C22H29ClN2O2/c1-18(14-19-6-3-2-4-7-19)25-12-10-24(11-13-25)16-21(26)17-27-22-9-5-8-20(23)15-22/h2-9,15,18,21,26H,10-14,16-17H2,1H3. The maximum absolute atomic E-state index is 10.3. The fourth-order valence-electron chi connectivity index (χ4n) is 3.57. The van der Waals surface area contributed by atoms with Gasteiger partial charge in [0.1, 0.15) is 18.5 Å². The second-order valence-corrected chi connectivity index (χ2v) is 7.73. The monoisotopic (exact) mass is 388 g/mol. The average molecular weight is 389 g/mol. The Kier molecular flexibility index (Phi) is 7.53. The highest BCUT2D eigenvalue weighted by atomic mass is 35.5. The number of hydrogen-bond donors (Lipinski definition) is 1. The van der Waals surface area contributed by atoms with E-state index >= 15 is 0 Å². The van der Waals surface area contributed by atoms with E-state index < -0.39 is 6.10 Å². The highest BCUT2D eigenvalue weighted by Gasteiger charge is 2.22. The quantitative estimate of drug-likeness (QED) is 0.752. The maximum Gasteiger partial charge on any atom is 0.120 e. The van der Waals surface area contributed by atoms with Crippen molar-refractivity contribution in [3.05, 3.63) is 65.2 Å². The maximum atomic E-state index is 10.3. The molecule has 5 heteroatoms. The van der Waals surface area contributed by atoms with E-state index in [0.29, 0.717) is 23.4 Å². The zero-order valence-electron chi connectivity index (χ0n) is 15.9. The van der Waals surface area contributed by atoms with Crippen molar-refractivity contribution in [2.75, 3.05) is 39.3 Å². The molecule has 0 aromatic heterocycles. The van der Waals surface area contributed by atoms with Gasteiger partial charge in [-0.1, -0.05) is 48.0 Å². The first-order valence-corrected chi connectivity index (χ1v) is 10.0. The molecule has 0 amide bonds. The van der Waals surface area contributed by atoms with Crippen molar-refractivity contribution < 1.29 is 9.84 Å². The molecule has 2 atom stereocenters. The van der Waals surface area contributed by atoms with Crippen LogP contribution in [0.15, 0.2) is 54.6 Å². The number of ether oxygens (including phenoxy) is 1. The molecule has 1 aliphatic heterocycles. The summed E-state index contributed by atoms with van der Waals surface area (Å²) in [5, 5.41) is 10.9. The summed E-state index contributed by atoms with van der Waals surface area (Å²) >= 11 is 5.95. The molecule has 3 rings (SSSR count). The summed E-state index contributed by atoms with van der Waals surface area (Å²) in [6.07, 6.45) is 0.578. The molecule has 1 saturated heterocycles. The number of piperazine rings is 1. The zero-order valence-corrected chi connectivity index (χ0v) is 16.7. The van der Waals surface area contributed by atoms with Crippen LogP contribution in [0.3, 0.4) is 0 Å². The zero-order chi connectivity index (χ0) is 19.1. The smallest absolute Gasteiger partial charge is 0.120 e. The molecule has 0 spiro atoms. The van der Waals surface area contributed by atoms with Gasteiger partial charge in [-0.15, -0.1) is 0 Å². The van der Waals surface area contributed by atoms with E-state index in [-0.39, 0.29) is 6.61 Å². The molecule has 27 heavy (non-hydrogen) atoms. The molecule has 1 fully saturated rings. The summed E-state index contributed by atoms with van der Waals surface area (Å²) < 4.78 is 5.64. The predicted molar refractivity (Wildman–Crippen MR) is 111 cm³/mol. The van der Waals surface area contributed by atoms with Crippen LogP contribution in [0.25, 0.3) is 0 Å². The lowest BCUT2D eigenvalue weighted by molar-refractivity contribution is 0.0383. The SMILES string of the molecule is CC(Cc1ccccc1)N1CCN(CC(O)COc2cccc(Cl)c2)CC1. The van der Waals surface area contributed by atoms with Crippen molar-refractivity contribution in [1.29, 1.82) is 0 Å². The number of aliphatic hydroxyl groups excluding tert-OH is 1. The summed E-state index contributed by atoms with van der Waals surface area (Å²) in [5.41, 5.74) is 1.39. The van der Waals surface area contributed by atoms with Crippen molar-refractivity contribution in [1.82, 2.24) is 9.80 Å². The Balaban J connectivity index is 1.37. The fourth-order valence-corrected chi connectivity index (χ4v) is 3.75. The number of aliphatic hydroxyl groups is 1. The second-order valence-electron chi connectivity index (χ2n) is 7.30. The van der Waals surface area contributed by atoms with Gasteiger partial charge in [0.2, 0.25) is 0 Å². The van der Waals surface area contributed by atoms with Gasteiger partial charge in [-0.05, 0) is 37.1 Å². The van der Waals surface area contributed by atoms with Gasteiger partial charge >= 0.3 is 0 Å². The Labute approximate surface area is 167 Å². The lowest BCUT2D eigenvalue weighted by Crippen LogP contribution is -2.52. The summed E-state index contributed by atoms with van der Waals surface area (Å²) in [6, 6.07) is 18.5. The minimum atomic E-state index is -0.503. The normalized spacial score (nSPS) is 18.2. The lowest BCUT2D eigenvalue weighted by atomic mass is 10.1. The minimum Gasteiger partial charge on any atom is -0.491 e. The van der Waals surface area contributed by atoms with Crippen molar-refractivity contribution in [3.63, 3.8) is 0 Å². The van der Waals surface area contributed by atoms with Crippen LogP contribution >= 0.6 is 11.6 Å². The van der Waals surface area contributed by atoms with E-state index in [1.54, 1.807) is 6.07 Å². The molecular weight excluding hydrogens is 360 g/mol. The minimum absolute atomic E-state index is 0.283. The molecule has 1 aliphatic rings. The van der Waals surface area contributed by atoms with Gasteiger partial charge in [0, 0.05) is 43.8 Å². The molecule has 0 aliphatic carbocycles. The number of benzene rings is 2. The second kappa shape index (κ2) is 10.1. The van der Waals surface area contributed by atoms with Gasteiger partial charge in [-0.25, -0.2) is 0 Å². The third kappa shape index (κ3) is 6.51. The van der Waals surface area contributed by atoms with E-state index in [2.05, 4.69) is 47.1 Å². The molecule has 2 aromatic rings. The number of β-amino-alcohol motifs (C(OH)–C–C–N with tert-alkyl or cyclic N) is 1. The molecule has 1 N–H and O–H groups in total. The highest BCUT2D eigenvalue weighted by Crippen LogP contribution is 2.17. The van der Waals surface area contributed by atoms with Crippen molar-refractivity contribution in [3.8, 4) is 5.75 Å². The summed E-state index contributed by atoms with van der Waals surface area (Å²) in [7, 11) is 0. The van der Waals surface area contributed by atoms with Crippen molar-refractivity contribution in [2.45, 2.75) is 25.5 Å². The molecule has 0 saturated carbocycles. The third-order valence-electron chi connectivity index (χ3n) is 5.11. The van der Waals surface area contributed by atoms with Gasteiger partial charge in [0.15, 0.2) is 0 Å². The van der Waals surface area contributed by atoms with E-state index in [4.69, 9.17) is 16.3 Å². The van der Waals surface area contributed by atoms with Crippen LogP contribution in [0.4, 0.5) is 0 Å². The average Bonchev–Trinajstić information content (AvgIpc) is 2.68. The number of hydrogen-bond acceptors (Lipinski definition) is 4. The first kappa shape index (κ1) is 20.2. The molecule has 2 aromatic carbocycles. The van der Waals surface area contributed by atoms with Crippen molar-refractivity contribution >= 4 is 11.6 Å². The van der Waals surface area contributed by atoms with Gasteiger partial charge in [-0.3, -0.25) is 9.80 Å². The van der Waals surface area contributed by atoms with E-state index in [0.717, 1.165) is 32.6 Å². The molecule has 0 radical (unpaired) electrons. The Hall–Kier alpha value is -1.59. The summed E-state index contributed by atoms with van der Waals surface area (Å²) in [6.45, 7) is 7.26. The van der Waals surface area contributed by atoms with Crippen molar-refractivity contribution in [2.24, 2.45) is 0 Å². The number of halogens is 1. The molecule has 4 nitrogen and oxygen atoms in total. The molecule has 146 valence electrons. The highest BCUT2D eigenvalue weighted by molar-refractivity contribution is 6.30. The molecular formula is C22H29ClN2O2. The van der Waals surface area contributed by atoms with E-state index in [9.17, 15) is 5.11 Å². The van der Waals surface area contributed by atoms with Gasteiger partial charge in [-0.2, -0.15) is 0 Å². The van der Waals surface area contributed by atoms with E-state index in [1.807, 2.05) is 18.2 Å². The molecule has 0 bridgehead atoms. The van der Waals surface area contributed by atoms with Crippen LogP contribution in [0.5, 0.6) is 5.75 Å². The Bertz CT molecular complexity index is 690. The first-order valence-electron chi connectivity index (χ1n) is 9.67. The summed E-state index contributed by atoms with van der Waals surface area (Å²) in [5.74, 6) is 0.695. The van der Waals surface area contributed by atoms with Crippen LogP contribution in [-0.4, -0.2) is 66.4 Å². The topological polar surface area (TPSA) is 35.9 Å². The van der Waals surface area contributed by atoms with E-state index in [1.165, 1.54) is 5.56 Å². The Morgan fingerprint density at radius 2 is 1.78 bits per heavy atom. The third-order valence-corrected chi connectivity index (χ3v) is 5.35. The Morgan fingerprint density at radius 3 is 2.48 bits per heavy atom. The van der Waals surface area contributed by atoms with Crippen LogP contribution in [0, 0.1) is 0 Å². The summed E-state index contributed by atoms with van der Waals surface area (Å²) in [4.78, 5) is 4.86. The van der Waals surface area contributed by atoms with Gasteiger partial charge in [0.25, 0.3) is 0 Å². The lowest BCUT2D eigenvalue weighted by Gasteiger charge is -2.38. The van der Waals surface area contributed by atoms with Crippen LogP contribution in [-0.2, 0) is 6.42 Å².